The largest absolute Gasteiger partial charge is 0.477 e. The van der Waals surface area contributed by atoms with E-state index in [-0.39, 0.29) is 0 Å². The Hall–Kier alpha value is -1.42. The average molecular weight is 223 g/mol. The maximum absolute atomic E-state index is 10.9. The van der Waals surface area contributed by atoms with Gasteiger partial charge in [0.1, 0.15) is 4.91 Å². The lowest BCUT2D eigenvalue weighted by atomic mass is 10.4. The van der Waals surface area contributed by atoms with Gasteiger partial charge in [-0.1, -0.05) is 30.0 Å². The van der Waals surface area contributed by atoms with Crippen LogP contribution in [-0.2, 0) is 4.79 Å². The smallest absolute Gasteiger partial charge is 0.344 e. The fraction of sp³-hybridized carbons (Fsp3) is 0.182. The fourth-order valence-corrected chi connectivity index (χ4v) is 1.87. The fourth-order valence-electron chi connectivity index (χ4n) is 0.975. The molecule has 0 radical (unpaired) electrons. The van der Waals surface area contributed by atoms with Gasteiger partial charge in [0.05, 0.1) is 0 Å². The number of carbonyl (C=O) groups is 1. The summed E-state index contributed by atoms with van der Waals surface area (Å²) in [6.45, 7) is 0. The lowest BCUT2D eigenvalue weighted by molar-refractivity contribution is -0.131. The quantitative estimate of drug-likeness (QED) is 0.628. The van der Waals surface area contributed by atoms with E-state index in [1.54, 1.807) is 25.2 Å². The maximum atomic E-state index is 10.9. The van der Waals surface area contributed by atoms with Crippen LogP contribution < -0.4 is 0 Å². The highest BCUT2D eigenvalue weighted by Crippen LogP contribution is 2.26. The number of aliphatic carboxylic acids is 1. The van der Waals surface area contributed by atoms with E-state index in [1.165, 1.54) is 11.8 Å². The minimum absolute atomic E-state index is 0.311. The van der Waals surface area contributed by atoms with Crippen LogP contribution in [0, 0.1) is 0 Å². The third kappa shape index (κ3) is 4.08. The van der Waals surface area contributed by atoms with E-state index in [1.807, 2.05) is 30.3 Å². The Morgan fingerprint density at radius 1 is 1.33 bits per heavy atom. The Morgan fingerprint density at radius 2 is 1.93 bits per heavy atom. The molecule has 3 nitrogen and oxygen atoms in total. The van der Waals surface area contributed by atoms with Gasteiger partial charge in [0.25, 0.3) is 0 Å². The molecule has 0 spiro atoms. The second kappa shape index (κ2) is 5.46. The number of thioether (sulfide) groups is 1. The summed E-state index contributed by atoms with van der Waals surface area (Å²) in [6, 6.07) is 9.45. The first-order valence-corrected chi connectivity index (χ1v) is 5.25. The van der Waals surface area contributed by atoms with Gasteiger partial charge in [-0.15, -0.1) is 0 Å². The number of nitrogens with zero attached hydrogens (tertiary/aromatic N) is 1. The lowest BCUT2D eigenvalue weighted by Crippen LogP contribution is -2.06. The first kappa shape index (κ1) is 11.7. The van der Waals surface area contributed by atoms with Gasteiger partial charge in [0, 0.05) is 25.2 Å². The van der Waals surface area contributed by atoms with Gasteiger partial charge in [-0.2, -0.15) is 0 Å². The highest BCUT2D eigenvalue weighted by atomic mass is 32.2. The summed E-state index contributed by atoms with van der Waals surface area (Å²) in [7, 11) is 3.60. The van der Waals surface area contributed by atoms with Crippen molar-refractivity contribution >= 4 is 17.7 Å². The van der Waals surface area contributed by atoms with Crippen LogP contribution in [-0.4, -0.2) is 30.1 Å². The monoisotopic (exact) mass is 223 g/mol. The second-order valence-corrected chi connectivity index (χ2v) is 4.29. The van der Waals surface area contributed by atoms with Crippen molar-refractivity contribution in [2.24, 2.45) is 0 Å². The number of carboxylic acids is 1. The van der Waals surface area contributed by atoms with Crippen molar-refractivity contribution in [2.45, 2.75) is 4.90 Å². The highest BCUT2D eigenvalue weighted by molar-refractivity contribution is 8.04. The molecule has 15 heavy (non-hydrogen) atoms. The first-order chi connectivity index (χ1) is 7.09. The number of hydrogen-bond donors (Lipinski definition) is 1. The minimum Gasteiger partial charge on any atom is -0.477 e. The van der Waals surface area contributed by atoms with E-state index in [2.05, 4.69) is 0 Å². The number of rotatable bonds is 4. The Bertz CT molecular complexity index is 360. The standard InChI is InChI=1S/C11H13NO2S/c1-12(2)8-10(11(13)14)15-9-6-4-3-5-7-9/h3-8H,1-2H3,(H,13,14). The molecule has 0 aliphatic carbocycles. The minimum atomic E-state index is -0.905. The van der Waals surface area contributed by atoms with Crippen molar-refractivity contribution in [3.63, 3.8) is 0 Å². The zero-order chi connectivity index (χ0) is 11.3. The van der Waals surface area contributed by atoms with Crippen LogP contribution in [0.15, 0.2) is 46.3 Å². The third-order valence-corrected chi connectivity index (χ3v) is 2.57. The van der Waals surface area contributed by atoms with Gasteiger partial charge in [-0.3, -0.25) is 0 Å². The van der Waals surface area contributed by atoms with Crippen LogP contribution in [0.4, 0.5) is 0 Å². The van der Waals surface area contributed by atoms with Crippen LogP contribution in [0.1, 0.15) is 0 Å². The molecule has 0 saturated heterocycles. The summed E-state index contributed by atoms with van der Waals surface area (Å²) in [5.74, 6) is -0.905. The van der Waals surface area contributed by atoms with Gasteiger partial charge in [-0.05, 0) is 12.1 Å². The van der Waals surface area contributed by atoms with Crippen molar-refractivity contribution in [3.05, 3.63) is 41.4 Å². The zero-order valence-electron chi connectivity index (χ0n) is 8.68. The Balaban J connectivity index is 2.81. The molecule has 1 aromatic carbocycles. The molecule has 80 valence electrons. The molecule has 1 aromatic rings. The molecule has 4 heteroatoms. The van der Waals surface area contributed by atoms with Crippen molar-refractivity contribution in [1.82, 2.24) is 4.90 Å². The van der Waals surface area contributed by atoms with Crippen LogP contribution in [0.3, 0.4) is 0 Å². The molecular formula is C11H13NO2S. The molecule has 0 saturated carbocycles. The number of carboxylic acid groups (broad SMARTS) is 1. The molecule has 1 rings (SSSR count). The Kier molecular flexibility index (Phi) is 4.24. The van der Waals surface area contributed by atoms with Crippen molar-refractivity contribution < 1.29 is 9.90 Å². The van der Waals surface area contributed by atoms with Crippen molar-refractivity contribution in [2.75, 3.05) is 14.1 Å². The molecule has 0 aromatic heterocycles. The predicted octanol–water partition coefficient (Wildman–Crippen LogP) is 2.27. The first-order valence-electron chi connectivity index (χ1n) is 4.44. The van der Waals surface area contributed by atoms with E-state index in [4.69, 9.17) is 5.11 Å². The zero-order valence-corrected chi connectivity index (χ0v) is 9.49. The molecule has 0 atom stereocenters. The van der Waals surface area contributed by atoms with Gasteiger partial charge < -0.3 is 10.0 Å². The summed E-state index contributed by atoms with van der Waals surface area (Å²) in [5, 5.41) is 8.97. The topological polar surface area (TPSA) is 40.5 Å². The van der Waals surface area contributed by atoms with Crippen LogP contribution in [0.25, 0.3) is 0 Å². The predicted molar refractivity (Wildman–Crippen MR) is 61.7 cm³/mol. The highest BCUT2D eigenvalue weighted by Gasteiger charge is 2.09. The number of benzene rings is 1. The average Bonchev–Trinajstić information content (AvgIpc) is 2.17. The molecule has 0 aliphatic rings. The normalized spacial score (nSPS) is 11.2. The van der Waals surface area contributed by atoms with E-state index >= 15 is 0 Å². The summed E-state index contributed by atoms with van der Waals surface area (Å²) >= 11 is 1.25. The van der Waals surface area contributed by atoms with Crippen LogP contribution in [0.2, 0.25) is 0 Å². The van der Waals surface area contributed by atoms with Gasteiger partial charge >= 0.3 is 5.97 Å². The summed E-state index contributed by atoms with van der Waals surface area (Å²) in [5.41, 5.74) is 0. The molecule has 0 amide bonds. The van der Waals surface area contributed by atoms with Gasteiger partial charge in [0.2, 0.25) is 0 Å². The molecule has 0 fully saturated rings. The Morgan fingerprint density at radius 3 is 2.40 bits per heavy atom. The van der Waals surface area contributed by atoms with E-state index in [9.17, 15) is 4.79 Å². The van der Waals surface area contributed by atoms with Crippen molar-refractivity contribution in [1.29, 1.82) is 0 Å². The molecular weight excluding hydrogens is 210 g/mol. The van der Waals surface area contributed by atoms with E-state index < -0.39 is 5.97 Å². The van der Waals surface area contributed by atoms with Gasteiger partial charge in [0.15, 0.2) is 0 Å². The summed E-state index contributed by atoms with van der Waals surface area (Å²) < 4.78 is 0. The lowest BCUT2D eigenvalue weighted by Gasteiger charge is -2.08. The summed E-state index contributed by atoms with van der Waals surface area (Å²) in [6.07, 6.45) is 1.60. The molecule has 1 N–H and O–H groups in total. The van der Waals surface area contributed by atoms with Crippen molar-refractivity contribution in [3.8, 4) is 0 Å². The maximum Gasteiger partial charge on any atom is 0.344 e. The molecule has 0 heterocycles. The third-order valence-electron chi connectivity index (χ3n) is 1.56. The van der Waals surface area contributed by atoms with E-state index in [0.29, 0.717) is 4.91 Å². The second-order valence-electron chi connectivity index (χ2n) is 3.18. The molecule has 0 bridgehead atoms. The van der Waals surface area contributed by atoms with Crippen LogP contribution >= 0.6 is 11.8 Å². The SMILES string of the molecule is CN(C)C=C(Sc1ccccc1)C(=O)O. The molecule has 0 unspecified atom stereocenters. The van der Waals surface area contributed by atoms with Crippen LogP contribution in [0.5, 0.6) is 0 Å². The molecule has 0 aliphatic heterocycles. The van der Waals surface area contributed by atoms with Gasteiger partial charge in [-0.25, -0.2) is 4.79 Å². The Labute approximate surface area is 93.4 Å². The summed E-state index contributed by atoms with van der Waals surface area (Å²) in [4.78, 5) is 13.9. The van der Waals surface area contributed by atoms with E-state index in [0.717, 1.165) is 4.90 Å². The number of hydrogen-bond acceptors (Lipinski definition) is 3.